The fourth-order valence-electron chi connectivity index (χ4n) is 3.08. The van der Waals surface area contributed by atoms with Crippen LogP contribution in [0.1, 0.15) is 40.5 Å². The van der Waals surface area contributed by atoms with E-state index in [1.54, 1.807) is 12.1 Å². The van der Waals surface area contributed by atoms with Gasteiger partial charge in [0, 0.05) is 36.5 Å². The molecule has 1 atom stereocenters. The number of nitrogens with zero attached hydrogens (tertiary/aromatic N) is 2. The molecule has 24 heavy (non-hydrogen) atoms. The number of aromatic nitrogens is 2. The first-order valence-electron chi connectivity index (χ1n) is 7.96. The van der Waals surface area contributed by atoms with E-state index in [-0.39, 0.29) is 16.7 Å². The molecular formula is C17H21N3O3S. The zero-order chi connectivity index (χ0) is 17.3. The van der Waals surface area contributed by atoms with Gasteiger partial charge in [-0.1, -0.05) is 0 Å². The third-order valence-corrected chi connectivity index (χ3v) is 5.51. The standard InChI is InChI=1S/C17H21N3O3S/c1-12-10-16(19-18-12)14-4-3-9-20(11-14)17(21)13-5-7-15(8-6-13)24(2,22)23/h5-8,10,14H,3-4,9,11H2,1-2H3,(H,18,19)/t14-/m0/s1. The molecule has 0 aliphatic carbocycles. The second-order valence-corrected chi connectivity index (χ2v) is 8.38. The Morgan fingerprint density at radius 1 is 1.29 bits per heavy atom. The summed E-state index contributed by atoms with van der Waals surface area (Å²) in [5, 5.41) is 7.27. The maximum atomic E-state index is 12.7. The first kappa shape index (κ1) is 16.7. The molecule has 0 bridgehead atoms. The molecule has 1 aliphatic rings. The van der Waals surface area contributed by atoms with Gasteiger partial charge in [0.2, 0.25) is 0 Å². The minimum Gasteiger partial charge on any atom is -0.338 e. The summed E-state index contributed by atoms with van der Waals surface area (Å²) in [4.78, 5) is 14.7. The lowest BCUT2D eigenvalue weighted by molar-refractivity contribution is 0.0705. The SMILES string of the molecule is Cc1cc([C@H]2CCCN(C(=O)c3ccc(S(C)(=O)=O)cc3)C2)n[nH]1. The largest absolute Gasteiger partial charge is 0.338 e. The molecule has 0 saturated carbocycles. The molecule has 2 aromatic rings. The summed E-state index contributed by atoms with van der Waals surface area (Å²) < 4.78 is 23.0. The first-order chi connectivity index (χ1) is 11.3. The number of carbonyl (C=O) groups is 1. The number of likely N-dealkylation sites (tertiary alicyclic amines) is 1. The lowest BCUT2D eigenvalue weighted by atomic mass is 9.94. The molecule has 1 N–H and O–H groups in total. The molecule has 1 aromatic carbocycles. The number of amides is 1. The highest BCUT2D eigenvalue weighted by Crippen LogP contribution is 2.27. The number of benzene rings is 1. The fraction of sp³-hybridized carbons (Fsp3) is 0.412. The average Bonchev–Trinajstić information content (AvgIpc) is 3.00. The van der Waals surface area contributed by atoms with Gasteiger partial charge in [0.25, 0.3) is 5.91 Å². The summed E-state index contributed by atoms with van der Waals surface area (Å²) in [7, 11) is -3.25. The first-order valence-corrected chi connectivity index (χ1v) is 9.85. The number of aromatic amines is 1. The van der Waals surface area contributed by atoms with Crippen molar-refractivity contribution in [1.82, 2.24) is 15.1 Å². The van der Waals surface area contributed by atoms with E-state index in [1.807, 2.05) is 17.9 Å². The van der Waals surface area contributed by atoms with Gasteiger partial charge in [0.05, 0.1) is 10.6 Å². The highest BCUT2D eigenvalue weighted by molar-refractivity contribution is 7.90. The molecule has 1 saturated heterocycles. The second-order valence-electron chi connectivity index (χ2n) is 6.36. The van der Waals surface area contributed by atoms with Crippen LogP contribution in [0.4, 0.5) is 0 Å². The second kappa shape index (κ2) is 6.39. The Morgan fingerprint density at radius 3 is 2.58 bits per heavy atom. The fourth-order valence-corrected chi connectivity index (χ4v) is 3.71. The molecule has 1 amide bonds. The molecule has 2 heterocycles. The van der Waals surface area contributed by atoms with E-state index in [1.165, 1.54) is 12.1 Å². The molecule has 0 spiro atoms. The average molecular weight is 347 g/mol. The minimum atomic E-state index is -3.25. The van der Waals surface area contributed by atoms with Crippen molar-refractivity contribution in [2.75, 3.05) is 19.3 Å². The van der Waals surface area contributed by atoms with Crippen LogP contribution in [0.3, 0.4) is 0 Å². The van der Waals surface area contributed by atoms with Crippen molar-refractivity contribution in [2.45, 2.75) is 30.6 Å². The molecule has 7 heteroatoms. The monoisotopic (exact) mass is 347 g/mol. The summed E-state index contributed by atoms with van der Waals surface area (Å²) in [5.41, 5.74) is 2.53. The molecule has 1 aromatic heterocycles. The van der Waals surface area contributed by atoms with Gasteiger partial charge >= 0.3 is 0 Å². The van der Waals surface area contributed by atoms with Gasteiger partial charge in [0.15, 0.2) is 9.84 Å². The van der Waals surface area contributed by atoms with Crippen LogP contribution in [0, 0.1) is 6.92 Å². The third-order valence-electron chi connectivity index (χ3n) is 4.38. The zero-order valence-corrected chi connectivity index (χ0v) is 14.6. The van der Waals surface area contributed by atoms with Crippen molar-refractivity contribution in [3.63, 3.8) is 0 Å². The van der Waals surface area contributed by atoms with Crippen LogP contribution in [-0.4, -0.2) is 48.8 Å². The Balaban J connectivity index is 1.74. The van der Waals surface area contributed by atoms with E-state index in [0.29, 0.717) is 18.7 Å². The van der Waals surface area contributed by atoms with Crippen LogP contribution in [0.15, 0.2) is 35.2 Å². The van der Waals surface area contributed by atoms with Crippen molar-refractivity contribution in [1.29, 1.82) is 0 Å². The van der Waals surface area contributed by atoms with Crippen molar-refractivity contribution in [3.8, 4) is 0 Å². The van der Waals surface area contributed by atoms with Gasteiger partial charge in [0.1, 0.15) is 0 Å². The quantitative estimate of drug-likeness (QED) is 0.922. The van der Waals surface area contributed by atoms with Crippen LogP contribution in [0.25, 0.3) is 0 Å². The van der Waals surface area contributed by atoms with Gasteiger partial charge in [-0.3, -0.25) is 9.89 Å². The number of hydrogen-bond donors (Lipinski definition) is 1. The normalized spacial score (nSPS) is 18.6. The molecule has 1 fully saturated rings. The highest BCUT2D eigenvalue weighted by atomic mass is 32.2. The number of aryl methyl sites for hydroxylation is 1. The number of hydrogen-bond acceptors (Lipinski definition) is 4. The molecular weight excluding hydrogens is 326 g/mol. The predicted octanol–water partition coefficient (Wildman–Crippen LogP) is 2.14. The molecule has 0 unspecified atom stereocenters. The lowest BCUT2D eigenvalue weighted by Crippen LogP contribution is -2.39. The van der Waals surface area contributed by atoms with Crippen molar-refractivity contribution in [2.24, 2.45) is 0 Å². The van der Waals surface area contributed by atoms with Crippen LogP contribution >= 0.6 is 0 Å². The van der Waals surface area contributed by atoms with Gasteiger partial charge in [-0.15, -0.1) is 0 Å². The summed E-state index contributed by atoms with van der Waals surface area (Å²) in [6, 6.07) is 8.17. The molecule has 128 valence electrons. The van der Waals surface area contributed by atoms with Gasteiger partial charge in [-0.25, -0.2) is 8.42 Å². The summed E-state index contributed by atoms with van der Waals surface area (Å²) >= 11 is 0. The Labute approximate surface area is 141 Å². The van der Waals surface area contributed by atoms with Crippen LogP contribution in [0.5, 0.6) is 0 Å². The number of rotatable bonds is 3. The summed E-state index contributed by atoms with van der Waals surface area (Å²) in [6.07, 6.45) is 3.11. The summed E-state index contributed by atoms with van der Waals surface area (Å²) in [6.45, 7) is 3.31. The minimum absolute atomic E-state index is 0.0630. The number of carbonyl (C=O) groups excluding carboxylic acids is 1. The van der Waals surface area contributed by atoms with E-state index >= 15 is 0 Å². The van der Waals surface area contributed by atoms with Crippen LogP contribution in [-0.2, 0) is 9.84 Å². The maximum absolute atomic E-state index is 12.7. The number of nitrogens with one attached hydrogen (secondary N) is 1. The predicted molar refractivity (Wildman–Crippen MR) is 90.8 cm³/mol. The smallest absolute Gasteiger partial charge is 0.253 e. The number of piperidine rings is 1. The van der Waals surface area contributed by atoms with E-state index in [4.69, 9.17) is 0 Å². The van der Waals surface area contributed by atoms with Crippen molar-refractivity contribution >= 4 is 15.7 Å². The Bertz CT molecular complexity index is 840. The van der Waals surface area contributed by atoms with Gasteiger partial charge in [-0.05, 0) is 50.1 Å². The molecule has 0 radical (unpaired) electrons. The summed E-state index contributed by atoms with van der Waals surface area (Å²) in [5.74, 6) is 0.176. The van der Waals surface area contributed by atoms with Crippen LogP contribution < -0.4 is 0 Å². The van der Waals surface area contributed by atoms with Gasteiger partial charge < -0.3 is 4.90 Å². The maximum Gasteiger partial charge on any atom is 0.253 e. The number of sulfone groups is 1. The Morgan fingerprint density at radius 2 is 2.00 bits per heavy atom. The van der Waals surface area contributed by atoms with Crippen molar-refractivity contribution < 1.29 is 13.2 Å². The Hall–Kier alpha value is -2.15. The number of H-pyrrole nitrogens is 1. The zero-order valence-electron chi connectivity index (χ0n) is 13.8. The van der Waals surface area contributed by atoms with Gasteiger partial charge in [-0.2, -0.15) is 5.10 Å². The molecule has 3 rings (SSSR count). The topological polar surface area (TPSA) is 83.1 Å². The molecule has 6 nitrogen and oxygen atoms in total. The van der Waals surface area contributed by atoms with Crippen LogP contribution in [0.2, 0.25) is 0 Å². The van der Waals surface area contributed by atoms with Crippen molar-refractivity contribution in [3.05, 3.63) is 47.3 Å². The third kappa shape index (κ3) is 3.51. The highest BCUT2D eigenvalue weighted by Gasteiger charge is 2.27. The van der Waals surface area contributed by atoms with E-state index < -0.39 is 9.84 Å². The van der Waals surface area contributed by atoms with E-state index in [9.17, 15) is 13.2 Å². The Kier molecular flexibility index (Phi) is 4.45. The lowest BCUT2D eigenvalue weighted by Gasteiger charge is -2.32. The van der Waals surface area contributed by atoms with E-state index in [2.05, 4.69) is 10.2 Å². The van der Waals surface area contributed by atoms with E-state index in [0.717, 1.165) is 30.5 Å². The molecule has 1 aliphatic heterocycles.